The molecule has 2 aliphatic rings. The van der Waals surface area contributed by atoms with Crippen LogP contribution >= 0.6 is 11.8 Å². The van der Waals surface area contributed by atoms with Crippen LogP contribution in [0.5, 0.6) is 0 Å². The molecule has 0 radical (unpaired) electrons. The summed E-state index contributed by atoms with van der Waals surface area (Å²) in [5.74, 6) is 0.751. The lowest BCUT2D eigenvalue weighted by atomic mass is 10.0. The highest BCUT2D eigenvalue weighted by atomic mass is 32.2. The second kappa shape index (κ2) is 6.73. The van der Waals surface area contributed by atoms with E-state index in [2.05, 4.69) is 40.4 Å². The molecule has 1 aliphatic carbocycles. The molecule has 1 aromatic carbocycles. The van der Waals surface area contributed by atoms with Gasteiger partial charge in [0.25, 0.3) is 0 Å². The van der Waals surface area contributed by atoms with E-state index in [1.807, 2.05) is 0 Å². The third-order valence-electron chi connectivity index (χ3n) is 4.75. The molecular formula is C17H25N3S. The highest BCUT2D eigenvalue weighted by molar-refractivity contribution is 7.98. The number of benzene rings is 1. The van der Waals surface area contributed by atoms with Gasteiger partial charge in [-0.2, -0.15) is 0 Å². The Balaban J connectivity index is 1.80. The zero-order chi connectivity index (χ0) is 14.7. The number of aliphatic imine (C=N–C) groups is 1. The van der Waals surface area contributed by atoms with E-state index in [4.69, 9.17) is 5.73 Å². The predicted octanol–water partition coefficient (Wildman–Crippen LogP) is 3.80. The van der Waals surface area contributed by atoms with Gasteiger partial charge < -0.3 is 10.6 Å². The van der Waals surface area contributed by atoms with Gasteiger partial charge in [-0.1, -0.05) is 37.8 Å². The minimum absolute atomic E-state index is 0.337. The SMILES string of the molecule is CSc1ccc(C2CN=C(N)N2C2CCCCCC2)cc1. The molecule has 0 spiro atoms. The van der Waals surface area contributed by atoms with Gasteiger partial charge in [-0.3, -0.25) is 4.99 Å². The third-order valence-corrected chi connectivity index (χ3v) is 5.49. The Labute approximate surface area is 132 Å². The van der Waals surface area contributed by atoms with Crippen molar-refractivity contribution in [3.8, 4) is 0 Å². The average Bonchev–Trinajstić information content (AvgIpc) is 2.74. The van der Waals surface area contributed by atoms with Crippen molar-refractivity contribution in [2.24, 2.45) is 10.7 Å². The minimum atomic E-state index is 0.337. The van der Waals surface area contributed by atoms with Crippen molar-refractivity contribution in [1.82, 2.24) is 4.90 Å². The highest BCUT2D eigenvalue weighted by Crippen LogP contribution is 2.33. The zero-order valence-corrected chi connectivity index (χ0v) is 13.6. The maximum absolute atomic E-state index is 6.22. The molecule has 0 amide bonds. The van der Waals surface area contributed by atoms with E-state index in [0.717, 1.165) is 12.5 Å². The summed E-state index contributed by atoms with van der Waals surface area (Å²) in [6.07, 6.45) is 10.0. The molecule has 0 saturated heterocycles. The molecule has 3 rings (SSSR count). The Kier molecular flexibility index (Phi) is 4.73. The van der Waals surface area contributed by atoms with E-state index in [9.17, 15) is 0 Å². The van der Waals surface area contributed by atoms with E-state index in [0.29, 0.717) is 12.1 Å². The van der Waals surface area contributed by atoms with Crippen LogP contribution in [0, 0.1) is 0 Å². The van der Waals surface area contributed by atoms with Gasteiger partial charge in [0.2, 0.25) is 0 Å². The van der Waals surface area contributed by atoms with Crippen LogP contribution < -0.4 is 5.73 Å². The number of nitrogens with two attached hydrogens (primary N) is 1. The largest absolute Gasteiger partial charge is 0.370 e. The summed E-state index contributed by atoms with van der Waals surface area (Å²) in [7, 11) is 0. The lowest BCUT2D eigenvalue weighted by Crippen LogP contribution is -2.43. The summed E-state index contributed by atoms with van der Waals surface area (Å²) in [4.78, 5) is 8.25. The molecule has 1 fully saturated rings. The second-order valence-corrected chi connectivity index (χ2v) is 6.92. The van der Waals surface area contributed by atoms with Gasteiger partial charge in [0.1, 0.15) is 0 Å². The second-order valence-electron chi connectivity index (χ2n) is 6.04. The topological polar surface area (TPSA) is 41.6 Å². The molecule has 1 aliphatic heterocycles. The number of hydrogen-bond acceptors (Lipinski definition) is 4. The van der Waals surface area contributed by atoms with Crippen LogP contribution in [0.25, 0.3) is 0 Å². The molecule has 1 heterocycles. The molecule has 4 heteroatoms. The van der Waals surface area contributed by atoms with E-state index < -0.39 is 0 Å². The van der Waals surface area contributed by atoms with Crippen LogP contribution in [0.1, 0.15) is 50.1 Å². The van der Waals surface area contributed by atoms with Crippen LogP contribution in [0.2, 0.25) is 0 Å². The lowest BCUT2D eigenvalue weighted by molar-refractivity contribution is 0.237. The van der Waals surface area contributed by atoms with Crippen LogP contribution in [0.15, 0.2) is 34.2 Å². The molecule has 21 heavy (non-hydrogen) atoms. The fraction of sp³-hybridized carbons (Fsp3) is 0.588. The first-order valence-electron chi connectivity index (χ1n) is 8.02. The first-order valence-corrected chi connectivity index (χ1v) is 9.24. The summed E-state index contributed by atoms with van der Waals surface area (Å²) in [6.45, 7) is 0.806. The first-order chi connectivity index (χ1) is 10.3. The number of hydrogen-bond donors (Lipinski definition) is 1. The van der Waals surface area contributed by atoms with Crippen LogP contribution in [-0.4, -0.2) is 29.7 Å². The van der Waals surface area contributed by atoms with Crippen molar-refractivity contribution in [1.29, 1.82) is 0 Å². The van der Waals surface area contributed by atoms with E-state index >= 15 is 0 Å². The summed E-state index contributed by atoms with van der Waals surface area (Å²) in [6, 6.07) is 9.82. The quantitative estimate of drug-likeness (QED) is 0.682. The molecule has 114 valence electrons. The molecular weight excluding hydrogens is 278 g/mol. The summed E-state index contributed by atoms with van der Waals surface area (Å²) < 4.78 is 0. The summed E-state index contributed by atoms with van der Waals surface area (Å²) >= 11 is 1.79. The molecule has 1 aromatic rings. The van der Waals surface area contributed by atoms with E-state index in [1.165, 1.54) is 49.0 Å². The lowest BCUT2D eigenvalue weighted by Gasteiger charge is -2.34. The summed E-state index contributed by atoms with van der Waals surface area (Å²) in [5.41, 5.74) is 7.56. The normalized spacial score (nSPS) is 24.0. The van der Waals surface area contributed by atoms with E-state index in [-0.39, 0.29) is 0 Å². The van der Waals surface area contributed by atoms with Crippen molar-refractivity contribution in [3.63, 3.8) is 0 Å². The van der Waals surface area contributed by atoms with Gasteiger partial charge in [0, 0.05) is 10.9 Å². The minimum Gasteiger partial charge on any atom is -0.370 e. The molecule has 3 nitrogen and oxygen atoms in total. The fourth-order valence-electron chi connectivity index (χ4n) is 3.58. The Morgan fingerprint density at radius 1 is 1.10 bits per heavy atom. The Hall–Kier alpha value is -1.16. The van der Waals surface area contributed by atoms with E-state index in [1.54, 1.807) is 11.8 Å². The van der Waals surface area contributed by atoms with Gasteiger partial charge in [0.15, 0.2) is 5.96 Å². The molecule has 1 saturated carbocycles. The average molecular weight is 303 g/mol. The third kappa shape index (κ3) is 3.20. The standard InChI is InChI=1S/C17H25N3S/c1-21-15-10-8-13(9-11-15)16-12-19-17(18)20(16)14-6-4-2-3-5-7-14/h8-11,14,16H,2-7,12H2,1H3,(H2,18,19). The van der Waals surface area contributed by atoms with Gasteiger partial charge in [0.05, 0.1) is 12.6 Å². The molecule has 0 aromatic heterocycles. The van der Waals surface area contributed by atoms with Crippen LogP contribution in [-0.2, 0) is 0 Å². The van der Waals surface area contributed by atoms with Crippen molar-refractivity contribution >= 4 is 17.7 Å². The fourth-order valence-corrected chi connectivity index (χ4v) is 3.99. The van der Waals surface area contributed by atoms with Gasteiger partial charge in [-0.05, 0) is 36.8 Å². The van der Waals surface area contributed by atoms with Crippen molar-refractivity contribution in [2.45, 2.75) is 55.5 Å². The first kappa shape index (κ1) is 14.8. The highest BCUT2D eigenvalue weighted by Gasteiger charge is 2.33. The van der Waals surface area contributed by atoms with Gasteiger partial charge >= 0.3 is 0 Å². The number of guanidine groups is 1. The van der Waals surface area contributed by atoms with Crippen molar-refractivity contribution < 1.29 is 0 Å². The monoisotopic (exact) mass is 303 g/mol. The Morgan fingerprint density at radius 3 is 2.38 bits per heavy atom. The van der Waals surface area contributed by atoms with Crippen LogP contribution in [0.3, 0.4) is 0 Å². The van der Waals surface area contributed by atoms with Crippen molar-refractivity contribution in [2.75, 3.05) is 12.8 Å². The van der Waals surface area contributed by atoms with Gasteiger partial charge in [-0.25, -0.2) is 0 Å². The molecule has 2 N–H and O–H groups in total. The maximum atomic E-state index is 6.22. The molecule has 0 bridgehead atoms. The van der Waals surface area contributed by atoms with Crippen molar-refractivity contribution in [3.05, 3.63) is 29.8 Å². The number of nitrogens with zero attached hydrogens (tertiary/aromatic N) is 2. The Bertz CT molecular complexity index is 489. The zero-order valence-electron chi connectivity index (χ0n) is 12.8. The Morgan fingerprint density at radius 2 is 1.76 bits per heavy atom. The predicted molar refractivity (Wildman–Crippen MR) is 90.8 cm³/mol. The van der Waals surface area contributed by atoms with Crippen LogP contribution in [0.4, 0.5) is 0 Å². The summed E-state index contributed by atoms with van der Waals surface area (Å²) in [5, 5.41) is 0. The number of rotatable bonds is 3. The smallest absolute Gasteiger partial charge is 0.192 e. The molecule has 1 unspecified atom stereocenters. The maximum Gasteiger partial charge on any atom is 0.192 e. The molecule has 1 atom stereocenters. The number of thioether (sulfide) groups is 1. The van der Waals surface area contributed by atoms with Gasteiger partial charge in [-0.15, -0.1) is 11.8 Å².